The molecule has 1 aromatic carbocycles. The van der Waals surface area contributed by atoms with Crippen molar-refractivity contribution in [2.75, 3.05) is 18.0 Å². The van der Waals surface area contributed by atoms with Crippen LogP contribution in [0.5, 0.6) is 0 Å². The highest BCUT2D eigenvalue weighted by atomic mass is 35.5. The molecule has 2 aromatic heterocycles. The first-order valence-corrected chi connectivity index (χ1v) is 9.89. The zero-order chi connectivity index (χ0) is 20.1. The number of carbonyl (C=O) groups excluding carboxylic acids is 1. The number of hydrogen-bond acceptors (Lipinski definition) is 6. The molecule has 0 amide bonds. The molecular weight excluding hydrogens is 394 g/mol. The van der Waals surface area contributed by atoms with E-state index in [1.54, 1.807) is 12.2 Å². The van der Waals surface area contributed by atoms with Crippen LogP contribution in [0.25, 0.3) is 10.2 Å². The number of hydrogen-bond donors (Lipinski definition) is 0. The average Bonchev–Trinajstić information content (AvgIpc) is 3.02. The largest absolute Gasteiger partial charge is 0.457 e. The van der Waals surface area contributed by atoms with Crippen LogP contribution in [0.4, 0.5) is 5.82 Å². The van der Waals surface area contributed by atoms with Gasteiger partial charge >= 0.3 is 5.97 Å². The Morgan fingerprint density at radius 1 is 1.21 bits per heavy atom. The van der Waals surface area contributed by atoms with E-state index in [1.807, 2.05) is 42.2 Å². The number of halogens is 1. The van der Waals surface area contributed by atoms with E-state index in [1.165, 1.54) is 11.3 Å². The molecule has 28 heavy (non-hydrogen) atoms. The summed E-state index contributed by atoms with van der Waals surface area (Å²) in [6.07, 6.45) is 3.56. The fourth-order valence-corrected chi connectivity index (χ4v) is 4.15. The Morgan fingerprint density at radius 2 is 1.89 bits per heavy atom. The maximum atomic E-state index is 12.7. The molecule has 3 rings (SSSR count). The number of anilines is 1. The number of rotatable bonds is 8. The number of ether oxygens (including phenoxy) is 1. The number of nitrogens with zero attached hydrogens (tertiary/aromatic N) is 3. The number of carbonyl (C=O) groups is 1. The minimum Gasteiger partial charge on any atom is -0.457 e. The predicted molar refractivity (Wildman–Crippen MR) is 115 cm³/mol. The molecule has 3 aromatic rings. The lowest BCUT2D eigenvalue weighted by atomic mass is 10.2. The number of esters is 1. The van der Waals surface area contributed by atoms with Gasteiger partial charge in [0.1, 0.15) is 22.1 Å². The highest BCUT2D eigenvalue weighted by Gasteiger charge is 2.23. The Labute approximate surface area is 172 Å². The normalized spacial score (nSPS) is 10.6. The van der Waals surface area contributed by atoms with Crippen molar-refractivity contribution in [3.05, 3.63) is 76.9 Å². The van der Waals surface area contributed by atoms with Gasteiger partial charge < -0.3 is 9.64 Å². The number of aryl methyl sites for hydroxylation is 1. The lowest BCUT2D eigenvalue weighted by Gasteiger charge is -2.21. The van der Waals surface area contributed by atoms with Gasteiger partial charge in [-0.3, -0.25) is 0 Å². The summed E-state index contributed by atoms with van der Waals surface area (Å²) in [5.74, 6) is 0.274. The van der Waals surface area contributed by atoms with Crippen LogP contribution in [-0.4, -0.2) is 29.0 Å². The monoisotopic (exact) mass is 413 g/mol. The van der Waals surface area contributed by atoms with Crippen LogP contribution >= 0.6 is 22.9 Å². The standard InChI is InChI=1S/C21H20ClN3O2S/c1-4-11-25(12-5-2)18-16-14(3)17(28-19(16)24-21(22)23-18)20(26)27-13-15-9-7-6-8-10-15/h4-10H,1-2,11-13H2,3H3. The Balaban J connectivity index is 1.97. The summed E-state index contributed by atoms with van der Waals surface area (Å²) in [6.45, 7) is 10.8. The summed E-state index contributed by atoms with van der Waals surface area (Å²) in [4.78, 5) is 24.5. The van der Waals surface area contributed by atoms with Crippen molar-refractivity contribution in [3.8, 4) is 0 Å². The Hall–Kier alpha value is -2.70. The highest BCUT2D eigenvalue weighted by Crippen LogP contribution is 2.36. The van der Waals surface area contributed by atoms with E-state index in [-0.39, 0.29) is 17.9 Å². The van der Waals surface area contributed by atoms with Crippen molar-refractivity contribution < 1.29 is 9.53 Å². The molecule has 0 fully saturated rings. The first-order chi connectivity index (χ1) is 13.5. The fraction of sp³-hybridized carbons (Fsp3) is 0.190. The first-order valence-electron chi connectivity index (χ1n) is 8.69. The van der Waals surface area contributed by atoms with Gasteiger partial charge in [-0.2, -0.15) is 4.98 Å². The third-order valence-electron chi connectivity index (χ3n) is 4.14. The van der Waals surface area contributed by atoms with Crippen LogP contribution in [-0.2, 0) is 11.3 Å². The van der Waals surface area contributed by atoms with Crippen LogP contribution in [0, 0.1) is 6.92 Å². The lowest BCUT2D eigenvalue weighted by molar-refractivity contribution is 0.0478. The topological polar surface area (TPSA) is 55.3 Å². The van der Waals surface area contributed by atoms with Gasteiger partial charge in [-0.1, -0.05) is 42.5 Å². The zero-order valence-electron chi connectivity index (χ0n) is 15.5. The van der Waals surface area contributed by atoms with Gasteiger partial charge in [-0.25, -0.2) is 9.78 Å². The van der Waals surface area contributed by atoms with E-state index in [2.05, 4.69) is 23.1 Å². The van der Waals surface area contributed by atoms with Crippen molar-refractivity contribution in [2.24, 2.45) is 0 Å². The van der Waals surface area contributed by atoms with Gasteiger partial charge in [0, 0.05) is 13.1 Å². The van der Waals surface area contributed by atoms with Crippen molar-refractivity contribution in [1.29, 1.82) is 0 Å². The van der Waals surface area contributed by atoms with Gasteiger partial charge in [0.15, 0.2) is 0 Å². The Bertz CT molecular complexity index is 1010. The molecule has 2 heterocycles. The van der Waals surface area contributed by atoms with Crippen molar-refractivity contribution >= 4 is 44.9 Å². The van der Waals surface area contributed by atoms with Crippen LogP contribution in [0.1, 0.15) is 20.8 Å². The zero-order valence-corrected chi connectivity index (χ0v) is 17.1. The van der Waals surface area contributed by atoms with Crippen molar-refractivity contribution in [2.45, 2.75) is 13.5 Å². The molecule has 0 aliphatic rings. The van der Waals surface area contributed by atoms with Crippen molar-refractivity contribution in [3.63, 3.8) is 0 Å². The number of benzene rings is 1. The van der Waals surface area contributed by atoms with Crippen LogP contribution in [0.2, 0.25) is 5.28 Å². The molecule has 0 atom stereocenters. The predicted octanol–water partition coefficient (Wildman–Crippen LogP) is 5.19. The summed E-state index contributed by atoms with van der Waals surface area (Å²) < 4.78 is 5.49. The van der Waals surface area contributed by atoms with E-state index in [4.69, 9.17) is 16.3 Å². The number of aromatic nitrogens is 2. The Kier molecular flexibility index (Phi) is 6.44. The van der Waals surface area contributed by atoms with E-state index in [9.17, 15) is 4.79 Å². The molecule has 144 valence electrons. The van der Waals surface area contributed by atoms with Crippen LogP contribution in [0.15, 0.2) is 55.6 Å². The second kappa shape index (κ2) is 8.99. The Morgan fingerprint density at radius 3 is 2.54 bits per heavy atom. The molecule has 5 nitrogen and oxygen atoms in total. The second-order valence-corrected chi connectivity index (χ2v) is 7.43. The maximum Gasteiger partial charge on any atom is 0.349 e. The van der Waals surface area contributed by atoms with Gasteiger partial charge in [-0.15, -0.1) is 24.5 Å². The molecule has 0 aliphatic carbocycles. The summed E-state index contributed by atoms with van der Waals surface area (Å²) in [7, 11) is 0. The third-order valence-corrected chi connectivity index (χ3v) is 5.48. The highest BCUT2D eigenvalue weighted by molar-refractivity contribution is 7.20. The van der Waals surface area contributed by atoms with Crippen LogP contribution in [0.3, 0.4) is 0 Å². The van der Waals surface area contributed by atoms with E-state index < -0.39 is 0 Å². The molecule has 0 bridgehead atoms. The van der Waals surface area contributed by atoms with Crippen molar-refractivity contribution in [1.82, 2.24) is 9.97 Å². The summed E-state index contributed by atoms with van der Waals surface area (Å²) in [5, 5.41) is 0.927. The van der Waals surface area contributed by atoms with E-state index in [0.717, 1.165) is 16.5 Å². The van der Waals surface area contributed by atoms with E-state index >= 15 is 0 Å². The molecule has 0 saturated heterocycles. The molecular formula is C21H20ClN3O2S. The summed E-state index contributed by atoms with van der Waals surface area (Å²) >= 11 is 7.40. The lowest BCUT2D eigenvalue weighted by Crippen LogP contribution is -2.24. The molecule has 0 N–H and O–H groups in total. The molecule has 0 saturated carbocycles. The summed E-state index contributed by atoms with van der Waals surface area (Å²) in [6, 6.07) is 9.56. The summed E-state index contributed by atoms with van der Waals surface area (Å²) in [5.41, 5.74) is 1.71. The van der Waals surface area contributed by atoms with Gasteiger partial charge in [0.05, 0.1) is 5.39 Å². The fourth-order valence-electron chi connectivity index (χ4n) is 2.86. The minimum atomic E-state index is -0.384. The van der Waals surface area contributed by atoms with Gasteiger partial charge in [0.25, 0.3) is 0 Å². The van der Waals surface area contributed by atoms with Crippen LogP contribution < -0.4 is 4.90 Å². The third kappa shape index (κ3) is 4.24. The molecule has 0 spiro atoms. The SMILES string of the molecule is C=CCN(CC=C)c1nc(Cl)nc2sc(C(=O)OCc3ccccc3)c(C)c12. The minimum absolute atomic E-state index is 0.131. The maximum absolute atomic E-state index is 12.7. The molecule has 0 radical (unpaired) electrons. The number of fused-ring (bicyclic) bond motifs is 1. The molecule has 0 aliphatic heterocycles. The molecule has 7 heteroatoms. The second-order valence-electron chi connectivity index (χ2n) is 6.10. The van der Waals surface area contributed by atoms with Gasteiger partial charge in [-0.05, 0) is 29.7 Å². The van der Waals surface area contributed by atoms with Gasteiger partial charge in [0.2, 0.25) is 5.28 Å². The number of thiophene rings is 1. The smallest absolute Gasteiger partial charge is 0.349 e. The van der Waals surface area contributed by atoms with E-state index in [0.29, 0.717) is 28.6 Å². The average molecular weight is 414 g/mol. The molecule has 0 unspecified atom stereocenters. The quantitative estimate of drug-likeness (QED) is 0.289. The first kappa shape index (κ1) is 20.0.